The van der Waals surface area contributed by atoms with Crippen LogP contribution in [0.25, 0.3) is 17.0 Å². The second-order valence-electron chi connectivity index (χ2n) is 12.2. The molecule has 4 aromatic rings. The molecule has 0 saturated carbocycles. The van der Waals surface area contributed by atoms with Gasteiger partial charge in [-0.3, -0.25) is 9.59 Å². The van der Waals surface area contributed by atoms with Gasteiger partial charge in [0.15, 0.2) is 0 Å². The predicted octanol–water partition coefficient (Wildman–Crippen LogP) is 6.20. The largest absolute Gasteiger partial charge is 0.378 e. The number of hydrogen-bond acceptors (Lipinski definition) is 5. The molecule has 1 N–H and O–H groups in total. The molecular formula is C36H40N4O3. The highest BCUT2D eigenvalue weighted by atomic mass is 16.5. The van der Waals surface area contributed by atoms with Crippen LogP contribution in [0.3, 0.4) is 0 Å². The highest BCUT2D eigenvalue weighted by Gasteiger charge is 2.19. The standard InChI is InChI=1S/C36H40N4O3/c1-24-30(8-7-9-31(24)37-25(2)27-14-16-29(17-15-27)36(3,4)5)33-23-39(6)35(42)32(38-33)22-26-10-12-28(13-11-26)34(41)40-18-20-43-21-19-40/h7-17,23,37H,2,18-22H2,1,3-6H3. The zero-order chi connectivity index (χ0) is 30.7. The molecule has 1 saturated heterocycles. The maximum Gasteiger partial charge on any atom is 0.272 e. The molecule has 0 atom stereocenters. The van der Waals surface area contributed by atoms with Crippen molar-refractivity contribution in [1.82, 2.24) is 14.5 Å². The first-order chi connectivity index (χ1) is 20.5. The van der Waals surface area contributed by atoms with Crippen LogP contribution in [0.1, 0.15) is 59.1 Å². The monoisotopic (exact) mass is 576 g/mol. The first-order valence-electron chi connectivity index (χ1n) is 14.7. The van der Waals surface area contributed by atoms with E-state index in [9.17, 15) is 9.59 Å². The third-order valence-electron chi connectivity index (χ3n) is 8.00. The zero-order valence-corrected chi connectivity index (χ0v) is 25.7. The number of nitrogens with zero attached hydrogens (tertiary/aromatic N) is 3. The molecule has 0 unspecified atom stereocenters. The van der Waals surface area contributed by atoms with Gasteiger partial charge < -0.3 is 19.5 Å². The molecule has 1 aromatic heterocycles. The number of aryl methyl sites for hydroxylation is 1. The molecule has 0 radical (unpaired) electrons. The van der Waals surface area contributed by atoms with Gasteiger partial charge in [0.05, 0.1) is 18.9 Å². The molecule has 1 aliphatic rings. The van der Waals surface area contributed by atoms with E-state index in [1.807, 2.05) is 54.3 Å². The molecular weight excluding hydrogens is 536 g/mol. The summed E-state index contributed by atoms with van der Waals surface area (Å²) in [7, 11) is 1.75. The minimum Gasteiger partial charge on any atom is -0.378 e. The Kier molecular flexibility index (Phi) is 8.64. The van der Waals surface area contributed by atoms with E-state index < -0.39 is 0 Å². The lowest BCUT2D eigenvalue weighted by Gasteiger charge is -2.26. The average molecular weight is 577 g/mol. The Bertz CT molecular complexity index is 1690. The fourth-order valence-electron chi connectivity index (χ4n) is 5.27. The number of rotatable bonds is 7. The van der Waals surface area contributed by atoms with Crippen LogP contribution in [0.4, 0.5) is 5.69 Å². The normalized spacial score (nSPS) is 13.6. The minimum atomic E-state index is -0.142. The number of ether oxygens (including phenoxy) is 1. The number of carbonyl (C=O) groups is 1. The summed E-state index contributed by atoms with van der Waals surface area (Å²) in [5.41, 5.74) is 8.66. The predicted molar refractivity (Wildman–Crippen MR) is 173 cm³/mol. The van der Waals surface area contributed by atoms with Crippen molar-refractivity contribution in [1.29, 1.82) is 0 Å². The van der Waals surface area contributed by atoms with Crippen LogP contribution in [-0.4, -0.2) is 46.7 Å². The molecule has 0 aliphatic carbocycles. The van der Waals surface area contributed by atoms with Crippen LogP contribution in [0.15, 0.2) is 84.3 Å². The summed E-state index contributed by atoms with van der Waals surface area (Å²) >= 11 is 0. The lowest BCUT2D eigenvalue weighted by atomic mass is 9.86. The van der Waals surface area contributed by atoms with E-state index in [2.05, 4.69) is 56.9 Å². The molecule has 5 rings (SSSR count). The van der Waals surface area contributed by atoms with Gasteiger partial charge in [-0.15, -0.1) is 0 Å². The Balaban J connectivity index is 1.35. The van der Waals surface area contributed by atoms with Gasteiger partial charge >= 0.3 is 0 Å². The first kappa shape index (κ1) is 30.0. The van der Waals surface area contributed by atoms with Crippen molar-refractivity contribution in [3.8, 4) is 11.3 Å². The fourth-order valence-corrected chi connectivity index (χ4v) is 5.27. The molecule has 43 heavy (non-hydrogen) atoms. The van der Waals surface area contributed by atoms with Gasteiger partial charge in [0.1, 0.15) is 5.69 Å². The van der Waals surface area contributed by atoms with Crippen LogP contribution in [0.2, 0.25) is 0 Å². The Morgan fingerprint density at radius 3 is 2.28 bits per heavy atom. The number of benzene rings is 3. The van der Waals surface area contributed by atoms with E-state index in [1.54, 1.807) is 17.8 Å². The van der Waals surface area contributed by atoms with Crippen molar-refractivity contribution in [2.75, 3.05) is 31.6 Å². The molecule has 7 heteroatoms. The highest BCUT2D eigenvalue weighted by molar-refractivity contribution is 5.94. The molecule has 0 bridgehead atoms. The second-order valence-corrected chi connectivity index (χ2v) is 12.2. The summed E-state index contributed by atoms with van der Waals surface area (Å²) < 4.78 is 6.94. The SMILES string of the molecule is C=C(Nc1cccc(-c2cn(C)c(=O)c(Cc3ccc(C(=O)N4CCOCC4)cc3)n2)c1C)c1ccc(C(C)(C)C)cc1. The van der Waals surface area contributed by atoms with Crippen molar-refractivity contribution >= 4 is 17.3 Å². The van der Waals surface area contributed by atoms with Gasteiger partial charge in [-0.1, -0.05) is 75.9 Å². The Morgan fingerprint density at radius 1 is 0.977 bits per heavy atom. The van der Waals surface area contributed by atoms with Crippen molar-refractivity contribution in [3.63, 3.8) is 0 Å². The molecule has 1 amide bonds. The number of nitrogens with one attached hydrogen (secondary N) is 1. The van der Waals surface area contributed by atoms with Crippen molar-refractivity contribution in [2.24, 2.45) is 7.05 Å². The zero-order valence-electron chi connectivity index (χ0n) is 25.7. The molecule has 0 spiro atoms. The lowest BCUT2D eigenvalue weighted by Crippen LogP contribution is -2.40. The Labute approximate surface area is 253 Å². The Hall–Kier alpha value is -4.49. The molecule has 3 aromatic carbocycles. The number of anilines is 1. The highest BCUT2D eigenvalue weighted by Crippen LogP contribution is 2.30. The van der Waals surface area contributed by atoms with E-state index in [1.165, 1.54) is 5.56 Å². The third kappa shape index (κ3) is 6.78. The average Bonchev–Trinajstić information content (AvgIpc) is 3.00. The minimum absolute atomic E-state index is 0.000503. The van der Waals surface area contributed by atoms with E-state index in [0.717, 1.165) is 39.3 Å². The van der Waals surface area contributed by atoms with Crippen LogP contribution in [-0.2, 0) is 23.6 Å². The van der Waals surface area contributed by atoms with Crippen LogP contribution in [0.5, 0.6) is 0 Å². The second kappa shape index (κ2) is 12.4. The van der Waals surface area contributed by atoms with Crippen molar-refractivity contribution < 1.29 is 9.53 Å². The topological polar surface area (TPSA) is 76.5 Å². The van der Waals surface area contributed by atoms with Gasteiger partial charge in [-0.05, 0) is 52.8 Å². The summed E-state index contributed by atoms with van der Waals surface area (Å²) in [6.07, 6.45) is 2.15. The Morgan fingerprint density at radius 2 is 1.63 bits per heavy atom. The molecule has 1 aliphatic heterocycles. The maximum atomic E-state index is 13.1. The van der Waals surface area contributed by atoms with E-state index in [-0.39, 0.29) is 16.9 Å². The third-order valence-corrected chi connectivity index (χ3v) is 8.00. The van der Waals surface area contributed by atoms with Gasteiger partial charge in [-0.25, -0.2) is 4.98 Å². The first-order valence-corrected chi connectivity index (χ1v) is 14.7. The van der Waals surface area contributed by atoms with Crippen LogP contribution < -0.4 is 10.9 Å². The molecule has 1 fully saturated rings. The number of carbonyl (C=O) groups excluding carboxylic acids is 1. The number of amides is 1. The van der Waals surface area contributed by atoms with Gasteiger partial charge in [0.2, 0.25) is 0 Å². The van der Waals surface area contributed by atoms with E-state index >= 15 is 0 Å². The maximum absolute atomic E-state index is 13.1. The molecule has 2 heterocycles. The van der Waals surface area contributed by atoms with Crippen molar-refractivity contribution in [3.05, 3.63) is 123 Å². The van der Waals surface area contributed by atoms with Gasteiger partial charge in [0, 0.05) is 55.3 Å². The quantitative estimate of drug-likeness (QED) is 0.284. The molecule has 7 nitrogen and oxygen atoms in total. The summed E-state index contributed by atoms with van der Waals surface area (Å²) in [6.45, 7) is 15.3. The lowest BCUT2D eigenvalue weighted by molar-refractivity contribution is 0.0303. The fraction of sp³-hybridized carbons (Fsp3) is 0.306. The summed E-state index contributed by atoms with van der Waals surface area (Å²) in [5, 5.41) is 3.48. The van der Waals surface area contributed by atoms with E-state index in [4.69, 9.17) is 9.72 Å². The summed E-state index contributed by atoms with van der Waals surface area (Å²) in [6, 6.07) is 22.0. The summed E-state index contributed by atoms with van der Waals surface area (Å²) in [4.78, 5) is 32.5. The number of hydrogen-bond donors (Lipinski definition) is 1. The number of aromatic nitrogens is 2. The van der Waals surface area contributed by atoms with Crippen molar-refractivity contribution in [2.45, 2.75) is 39.5 Å². The van der Waals surface area contributed by atoms with Crippen LogP contribution in [0, 0.1) is 6.92 Å². The smallest absolute Gasteiger partial charge is 0.272 e. The van der Waals surface area contributed by atoms with Gasteiger partial charge in [0.25, 0.3) is 11.5 Å². The summed E-state index contributed by atoms with van der Waals surface area (Å²) in [5.74, 6) is -0.000503. The van der Waals surface area contributed by atoms with Gasteiger partial charge in [-0.2, -0.15) is 0 Å². The van der Waals surface area contributed by atoms with E-state index in [0.29, 0.717) is 44.0 Å². The number of morpholine rings is 1. The molecule has 222 valence electrons. The van der Waals surface area contributed by atoms with Crippen LogP contribution >= 0.6 is 0 Å².